The molecule has 1 nitrogen and oxygen atoms in total. The lowest BCUT2D eigenvalue weighted by Crippen LogP contribution is -2.07. The summed E-state index contributed by atoms with van der Waals surface area (Å²) in [7, 11) is 0. The van der Waals surface area contributed by atoms with E-state index in [1.165, 1.54) is 6.07 Å². The van der Waals surface area contributed by atoms with Crippen LogP contribution < -0.4 is 5.73 Å². The highest BCUT2D eigenvalue weighted by Crippen LogP contribution is 2.33. The zero-order chi connectivity index (χ0) is 14.0. The predicted molar refractivity (Wildman–Crippen MR) is 64.7 cm³/mol. The first-order chi connectivity index (χ1) is 8.91. The lowest BCUT2D eigenvalue weighted by atomic mass is 10.0. The Balaban J connectivity index is 2.44. The largest absolute Gasteiger partial charge is 0.419 e. The van der Waals surface area contributed by atoms with Crippen molar-refractivity contribution in [3.8, 4) is 11.1 Å². The third-order valence-corrected chi connectivity index (χ3v) is 2.77. The van der Waals surface area contributed by atoms with Crippen molar-refractivity contribution in [2.75, 3.05) is 0 Å². The number of halogens is 4. The molecule has 0 radical (unpaired) electrons. The summed E-state index contributed by atoms with van der Waals surface area (Å²) < 4.78 is 50.8. The summed E-state index contributed by atoms with van der Waals surface area (Å²) in [6.07, 6.45) is -4.68. The molecular formula is C14H11F4N. The summed E-state index contributed by atoms with van der Waals surface area (Å²) in [6, 6.07) is 9.83. The molecule has 19 heavy (non-hydrogen) atoms. The second-order valence-corrected chi connectivity index (χ2v) is 4.10. The van der Waals surface area contributed by atoms with Gasteiger partial charge in [0.2, 0.25) is 0 Å². The Morgan fingerprint density at radius 2 is 1.63 bits per heavy atom. The second kappa shape index (κ2) is 5.01. The molecule has 0 fully saturated rings. The first kappa shape index (κ1) is 13.5. The molecule has 2 N–H and O–H groups in total. The third kappa shape index (κ3) is 2.93. The van der Waals surface area contributed by atoms with Crippen LogP contribution >= 0.6 is 0 Å². The van der Waals surface area contributed by atoms with Gasteiger partial charge in [-0.1, -0.05) is 24.3 Å². The average molecular weight is 269 g/mol. The van der Waals surface area contributed by atoms with Crippen LogP contribution in [0.25, 0.3) is 11.1 Å². The minimum atomic E-state index is -4.68. The summed E-state index contributed by atoms with van der Waals surface area (Å²) in [6.45, 7) is 0.316. The molecule has 2 aromatic carbocycles. The van der Waals surface area contributed by atoms with Crippen LogP contribution in [0.1, 0.15) is 11.1 Å². The molecule has 100 valence electrons. The SMILES string of the molecule is NCc1cccc(-c2ccc(C(F)(F)F)c(F)c2)c1. The molecule has 0 saturated heterocycles. The van der Waals surface area contributed by atoms with E-state index in [9.17, 15) is 17.6 Å². The Kier molecular flexibility index (Phi) is 3.57. The topological polar surface area (TPSA) is 26.0 Å². The normalized spacial score (nSPS) is 11.6. The number of alkyl halides is 3. The highest BCUT2D eigenvalue weighted by molar-refractivity contribution is 5.64. The van der Waals surface area contributed by atoms with E-state index in [1.54, 1.807) is 24.3 Å². The van der Waals surface area contributed by atoms with Crippen LogP contribution in [-0.2, 0) is 12.7 Å². The Bertz CT molecular complexity index is 590. The van der Waals surface area contributed by atoms with E-state index in [2.05, 4.69) is 0 Å². The van der Waals surface area contributed by atoms with Crippen molar-refractivity contribution in [3.63, 3.8) is 0 Å². The Morgan fingerprint density at radius 3 is 2.21 bits per heavy atom. The number of hydrogen-bond donors (Lipinski definition) is 1. The number of rotatable bonds is 2. The fourth-order valence-corrected chi connectivity index (χ4v) is 1.80. The molecule has 0 aliphatic rings. The molecule has 0 aromatic heterocycles. The van der Waals surface area contributed by atoms with Crippen LogP contribution in [0.15, 0.2) is 42.5 Å². The third-order valence-electron chi connectivity index (χ3n) is 2.77. The van der Waals surface area contributed by atoms with E-state index < -0.39 is 17.6 Å². The smallest absolute Gasteiger partial charge is 0.326 e. The molecule has 0 unspecified atom stereocenters. The molecule has 0 aliphatic carbocycles. The van der Waals surface area contributed by atoms with Gasteiger partial charge in [0.1, 0.15) is 5.82 Å². The van der Waals surface area contributed by atoms with Crippen molar-refractivity contribution < 1.29 is 17.6 Å². The van der Waals surface area contributed by atoms with Gasteiger partial charge in [-0.2, -0.15) is 13.2 Å². The molecule has 0 atom stereocenters. The highest BCUT2D eigenvalue weighted by atomic mass is 19.4. The second-order valence-electron chi connectivity index (χ2n) is 4.10. The molecular weight excluding hydrogens is 258 g/mol. The molecule has 2 rings (SSSR count). The lowest BCUT2D eigenvalue weighted by molar-refractivity contribution is -0.139. The zero-order valence-electron chi connectivity index (χ0n) is 9.84. The van der Waals surface area contributed by atoms with Gasteiger partial charge in [0.15, 0.2) is 0 Å². The maximum absolute atomic E-state index is 13.5. The van der Waals surface area contributed by atoms with Crippen LogP contribution in [0.2, 0.25) is 0 Å². The molecule has 0 bridgehead atoms. The maximum atomic E-state index is 13.5. The van der Waals surface area contributed by atoms with E-state index in [0.717, 1.165) is 17.7 Å². The number of benzene rings is 2. The van der Waals surface area contributed by atoms with Gasteiger partial charge in [0.05, 0.1) is 5.56 Å². The van der Waals surface area contributed by atoms with Gasteiger partial charge in [0, 0.05) is 6.54 Å². The van der Waals surface area contributed by atoms with Gasteiger partial charge in [0.25, 0.3) is 0 Å². The van der Waals surface area contributed by atoms with Crippen LogP contribution in [0.4, 0.5) is 17.6 Å². The first-order valence-electron chi connectivity index (χ1n) is 5.58. The Labute approximate surface area is 107 Å². The number of nitrogens with two attached hydrogens (primary N) is 1. The van der Waals surface area contributed by atoms with Gasteiger partial charge in [-0.3, -0.25) is 0 Å². The van der Waals surface area contributed by atoms with E-state index in [4.69, 9.17) is 5.73 Å². The molecule has 2 aromatic rings. The van der Waals surface area contributed by atoms with E-state index >= 15 is 0 Å². The fraction of sp³-hybridized carbons (Fsp3) is 0.143. The molecule has 5 heteroatoms. The minimum Gasteiger partial charge on any atom is -0.326 e. The summed E-state index contributed by atoms with van der Waals surface area (Å²) in [5, 5.41) is 0. The van der Waals surface area contributed by atoms with Gasteiger partial charge < -0.3 is 5.73 Å². The van der Waals surface area contributed by atoms with E-state index in [-0.39, 0.29) is 0 Å². The minimum absolute atomic E-state index is 0.316. The van der Waals surface area contributed by atoms with Crippen LogP contribution in [-0.4, -0.2) is 0 Å². The fourth-order valence-electron chi connectivity index (χ4n) is 1.80. The van der Waals surface area contributed by atoms with Crippen LogP contribution in [0.5, 0.6) is 0 Å². The first-order valence-corrected chi connectivity index (χ1v) is 5.58. The van der Waals surface area contributed by atoms with Crippen molar-refractivity contribution >= 4 is 0 Å². The van der Waals surface area contributed by atoms with Gasteiger partial charge in [-0.15, -0.1) is 0 Å². The van der Waals surface area contributed by atoms with Gasteiger partial charge in [-0.05, 0) is 34.9 Å². The molecule has 0 amide bonds. The summed E-state index contributed by atoms with van der Waals surface area (Å²) >= 11 is 0. The maximum Gasteiger partial charge on any atom is 0.419 e. The monoisotopic (exact) mass is 269 g/mol. The quantitative estimate of drug-likeness (QED) is 0.820. The summed E-state index contributed by atoms with van der Waals surface area (Å²) in [5.41, 5.74) is 6.08. The van der Waals surface area contributed by atoms with Crippen molar-refractivity contribution in [2.24, 2.45) is 5.73 Å². The number of hydrogen-bond acceptors (Lipinski definition) is 1. The van der Waals surface area contributed by atoms with Crippen molar-refractivity contribution in [1.29, 1.82) is 0 Å². The van der Waals surface area contributed by atoms with E-state index in [0.29, 0.717) is 17.7 Å². The lowest BCUT2D eigenvalue weighted by Gasteiger charge is -2.10. The molecule has 0 aliphatic heterocycles. The van der Waals surface area contributed by atoms with Crippen LogP contribution in [0.3, 0.4) is 0 Å². The Hall–Kier alpha value is -1.88. The zero-order valence-corrected chi connectivity index (χ0v) is 9.84. The molecule has 0 saturated carbocycles. The van der Waals surface area contributed by atoms with E-state index in [1.807, 2.05) is 0 Å². The highest BCUT2D eigenvalue weighted by Gasteiger charge is 2.33. The van der Waals surface area contributed by atoms with Crippen LogP contribution in [0, 0.1) is 5.82 Å². The molecule has 0 spiro atoms. The van der Waals surface area contributed by atoms with Crippen molar-refractivity contribution in [2.45, 2.75) is 12.7 Å². The Morgan fingerprint density at radius 1 is 0.947 bits per heavy atom. The average Bonchev–Trinajstić information content (AvgIpc) is 2.37. The van der Waals surface area contributed by atoms with Gasteiger partial charge in [-0.25, -0.2) is 4.39 Å². The summed E-state index contributed by atoms with van der Waals surface area (Å²) in [4.78, 5) is 0. The summed E-state index contributed by atoms with van der Waals surface area (Å²) in [5.74, 6) is -1.27. The molecule has 0 heterocycles. The predicted octanol–water partition coefficient (Wildman–Crippen LogP) is 3.97. The van der Waals surface area contributed by atoms with Gasteiger partial charge >= 0.3 is 6.18 Å². The van der Waals surface area contributed by atoms with Crippen molar-refractivity contribution in [1.82, 2.24) is 0 Å². The van der Waals surface area contributed by atoms with Crippen molar-refractivity contribution in [3.05, 3.63) is 59.4 Å². The standard InChI is InChI=1S/C14H11F4N/c15-13-7-11(4-5-12(13)14(16,17)18)10-3-1-2-9(6-10)8-19/h1-7H,8,19H2.